The molecule has 0 unspecified atom stereocenters. The van der Waals surface area contributed by atoms with Gasteiger partial charge in [-0.3, -0.25) is 14.3 Å². The lowest BCUT2D eigenvalue weighted by Gasteiger charge is -2.32. The van der Waals surface area contributed by atoms with Crippen LogP contribution in [-0.4, -0.2) is 34.1 Å². The number of aromatic nitrogens is 2. The van der Waals surface area contributed by atoms with Gasteiger partial charge in [-0.2, -0.15) is 0 Å². The van der Waals surface area contributed by atoms with Crippen LogP contribution in [0.1, 0.15) is 51.0 Å². The first-order valence-electron chi connectivity index (χ1n) is 7.44. The fourth-order valence-electron chi connectivity index (χ4n) is 2.80. The van der Waals surface area contributed by atoms with Gasteiger partial charge in [0.15, 0.2) is 0 Å². The van der Waals surface area contributed by atoms with Crippen LogP contribution in [0.2, 0.25) is 5.15 Å². The van der Waals surface area contributed by atoms with Crippen molar-refractivity contribution in [1.29, 1.82) is 0 Å². The minimum atomic E-state index is -0.429. The Bertz CT molecular complexity index is 625. The third kappa shape index (κ3) is 3.24. The van der Waals surface area contributed by atoms with Crippen molar-refractivity contribution in [3.63, 3.8) is 0 Å². The van der Waals surface area contributed by atoms with Crippen molar-refractivity contribution < 1.29 is 0 Å². The van der Waals surface area contributed by atoms with Gasteiger partial charge in [0.25, 0.3) is 5.56 Å². The molecule has 1 aliphatic carbocycles. The van der Waals surface area contributed by atoms with Crippen molar-refractivity contribution >= 4 is 11.6 Å². The number of nitrogens with one attached hydrogen (secondary N) is 1. The molecule has 1 saturated carbocycles. The monoisotopic (exact) mass is 313 g/mol. The molecule has 118 valence electrons. The number of nitrogens with zero attached hydrogens (tertiary/aromatic N) is 2. The molecule has 1 heterocycles. The van der Waals surface area contributed by atoms with Crippen LogP contribution >= 0.6 is 11.6 Å². The quantitative estimate of drug-likeness (QED) is 0.867. The first kappa shape index (κ1) is 16.3. The van der Waals surface area contributed by atoms with Crippen molar-refractivity contribution in [3.8, 4) is 0 Å². The summed E-state index contributed by atoms with van der Waals surface area (Å²) in [6.45, 7) is 4.34. The van der Waals surface area contributed by atoms with Crippen molar-refractivity contribution in [2.24, 2.45) is 0 Å². The van der Waals surface area contributed by atoms with Gasteiger partial charge in [-0.15, -0.1) is 0 Å². The normalized spacial score (nSPS) is 16.9. The third-order valence-electron chi connectivity index (χ3n) is 4.69. The highest BCUT2D eigenvalue weighted by Crippen LogP contribution is 2.34. The Morgan fingerprint density at radius 3 is 2.38 bits per heavy atom. The van der Waals surface area contributed by atoms with E-state index >= 15 is 0 Å². The number of hydrogen-bond acceptors (Lipinski definition) is 3. The molecule has 1 aromatic rings. The van der Waals surface area contributed by atoms with Gasteiger partial charge in [0.05, 0.1) is 5.56 Å². The summed E-state index contributed by atoms with van der Waals surface area (Å²) in [5, 5.41) is 0.218. The molecular weight excluding hydrogens is 290 g/mol. The molecule has 0 aromatic carbocycles. The molecule has 0 saturated heterocycles. The van der Waals surface area contributed by atoms with Crippen molar-refractivity contribution in [2.45, 2.75) is 57.5 Å². The lowest BCUT2D eigenvalue weighted by Crippen LogP contribution is -2.49. The second kappa shape index (κ2) is 5.97. The third-order valence-corrected chi connectivity index (χ3v) is 4.99. The zero-order chi connectivity index (χ0) is 15.8. The first-order chi connectivity index (χ1) is 9.74. The Hall–Kier alpha value is -1.07. The van der Waals surface area contributed by atoms with Gasteiger partial charge in [-0.25, -0.2) is 4.79 Å². The van der Waals surface area contributed by atoms with Gasteiger partial charge in [-0.05, 0) is 46.7 Å². The van der Waals surface area contributed by atoms with Crippen molar-refractivity contribution in [1.82, 2.24) is 14.5 Å². The summed E-state index contributed by atoms with van der Waals surface area (Å²) in [4.78, 5) is 29.5. The predicted octanol–water partition coefficient (Wildman–Crippen LogP) is 2.19. The average Bonchev–Trinajstić information content (AvgIpc) is 2.88. The highest BCUT2D eigenvalue weighted by Gasteiger charge is 2.28. The topological polar surface area (TPSA) is 58.1 Å². The molecule has 1 N–H and O–H groups in total. The van der Waals surface area contributed by atoms with Crippen LogP contribution in [0.4, 0.5) is 0 Å². The highest BCUT2D eigenvalue weighted by molar-refractivity contribution is 6.30. The van der Waals surface area contributed by atoms with Gasteiger partial charge >= 0.3 is 5.69 Å². The Morgan fingerprint density at radius 1 is 1.29 bits per heavy atom. The Morgan fingerprint density at radius 2 is 1.86 bits per heavy atom. The average molecular weight is 314 g/mol. The van der Waals surface area contributed by atoms with Crippen LogP contribution in [0, 0.1) is 0 Å². The Labute approximate surface area is 129 Å². The van der Waals surface area contributed by atoms with E-state index in [1.54, 1.807) is 0 Å². The maximum absolute atomic E-state index is 12.7. The number of H-pyrrole nitrogens is 1. The SMILES string of the molecule is CN(C)C(C)(C)Cn1c(=O)[nH]c(Cl)c(C2CCCC2)c1=O. The summed E-state index contributed by atoms with van der Waals surface area (Å²) >= 11 is 6.14. The maximum Gasteiger partial charge on any atom is 0.329 e. The molecule has 6 heteroatoms. The van der Waals surface area contributed by atoms with Crippen LogP contribution < -0.4 is 11.2 Å². The second-order valence-corrected chi connectivity index (χ2v) is 7.12. The predicted molar refractivity (Wildman–Crippen MR) is 85.3 cm³/mol. The van der Waals surface area contributed by atoms with Gasteiger partial charge in [0.2, 0.25) is 0 Å². The molecule has 0 bridgehead atoms. The Kier molecular flexibility index (Phi) is 4.63. The van der Waals surface area contributed by atoms with Gasteiger partial charge < -0.3 is 4.90 Å². The van der Waals surface area contributed by atoms with E-state index in [1.165, 1.54) is 4.57 Å². The molecule has 0 spiro atoms. The Balaban J connectivity index is 2.49. The van der Waals surface area contributed by atoms with Crippen LogP contribution in [0.3, 0.4) is 0 Å². The molecule has 0 atom stereocenters. The van der Waals surface area contributed by atoms with Gasteiger partial charge in [0.1, 0.15) is 5.15 Å². The minimum absolute atomic E-state index is 0.176. The summed E-state index contributed by atoms with van der Waals surface area (Å²) in [5.74, 6) is 0.176. The van der Waals surface area contributed by atoms with E-state index in [9.17, 15) is 9.59 Å². The summed E-state index contributed by atoms with van der Waals surface area (Å²) in [7, 11) is 3.88. The molecule has 0 aliphatic heterocycles. The number of halogens is 1. The van der Waals surface area contributed by atoms with Crippen molar-refractivity contribution in [3.05, 3.63) is 31.6 Å². The van der Waals surface area contributed by atoms with E-state index in [1.807, 2.05) is 32.8 Å². The van der Waals surface area contributed by atoms with E-state index in [2.05, 4.69) is 4.98 Å². The molecular formula is C15H24ClN3O2. The molecule has 1 aliphatic rings. The first-order valence-corrected chi connectivity index (χ1v) is 7.82. The number of likely N-dealkylation sites (N-methyl/N-ethyl adjacent to an activating group) is 1. The minimum Gasteiger partial charge on any atom is -0.302 e. The molecule has 1 fully saturated rings. The van der Waals surface area contributed by atoms with Crippen LogP contribution in [0.5, 0.6) is 0 Å². The standard InChI is InChI=1S/C15H24ClN3O2/c1-15(2,18(3)4)9-19-13(20)11(10-7-5-6-8-10)12(16)17-14(19)21/h10H,5-9H2,1-4H3,(H,17,21). The largest absolute Gasteiger partial charge is 0.329 e. The molecule has 0 radical (unpaired) electrons. The summed E-state index contributed by atoms with van der Waals surface area (Å²) < 4.78 is 1.29. The summed E-state index contributed by atoms with van der Waals surface area (Å²) in [5.41, 5.74) is -0.368. The maximum atomic E-state index is 12.7. The van der Waals surface area contributed by atoms with Crippen LogP contribution in [-0.2, 0) is 6.54 Å². The zero-order valence-electron chi connectivity index (χ0n) is 13.2. The second-order valence-electron chi connectivity index (χ2n) is 6.74. The van der Waals surface area contributed by atoms with Gasteiger partial charge in [-0.1, -0.05) is 24.4 Å². The highest BCUT2D eigenvalue weighted by atomic mass is 35.5. The smallest absolute Gasteiger partial charge is 0.302 e. The lowest BCUT2D eigenvalue weighted by atomic mass is 10.00. The number of aromatic amines is 1. The van der Waals surface area contributed by atoms with E-state index in [0.717, 1.165) is 25.7 Å². The molecule has 5 nitrogen and oxygen atoms in total. The molecule has 1 aromatic heterocycles. The summed E-state index contributed by atoms with van der Waals surface area (Å²) in [6.07, 6.45) is 4.17. The van der Waals surface area contributed by atoms with Crippen LogP contribution in [0.25, 0.3) is 0 Å². The molecule has 21 heavy (non-hydrogen) atoms. The van der Waals surface area contributed by atoms with Gasteiger partial charge in [0, 0.05) is 12.1 Å². The lowest BCUT2D eigenvalue weighted by molar-refractivity contribution is 0.165. The molecule has 2 rings (SSSR count). The number of rotatable bonds is 4. The van der Waals surface area contributed by atoms with E-state index < -0.39 is 5.69 Å². The van der Waals surface area contributed by atoms with Crippen molar-refractivity contribution in [2.75, 3.05) is 14.1 Å². The van der Waals surface area contributed by atoms with E-state index in [0.29, 0.717) is 12.1 Å². The fourth-order valence-corrected chi connectivity index (χ4v) is 3.12. The fraction of sp³-hybridized carbons (Fsp3) is 0.733. The van der Waals surface area contributed by atoms with E-state index in [-0.39, 0.29) is 22.2 Å². The van der Waals surface area contributed by atoms with E-state index in [4.69, 9.17) is 11.6 Å². The van der Waals surface area contributed by atoms with Crippen LogP contribution in [0.15, 0.2) is 9.59 Å². The summed E-state index contributed by atoms with van der Waals surface area (Å²) in [6, 6.07) is 0. The zero-order valence-corrected chi connectivity index (χ0v) is 14.0. The number of hydrogen-bond donors (Lipinski definition) is 1. The molecule has 0 amide bonds.